The van der Waals surface area contributed by atoms with E-state index in [2.05, 4.69) is 336 Å². The van der Waals surface area contributed by atoms with Crippen LogP contribution >= 0.6 is 0 Å². The van der Waals surface area contributed by atoms with Crippen molar-refractivity contribution in [1.29, 1.82) is 0 Å². The Morgan fingerprint density at radius 2 is 0.427 bits per heavy atom. The van der Waals surface area contributed by atoms with Gasteiger partial charge in [0.1, 0.15) is 11.6 Å². The lowest BCUT2D eigenvalue weighted by molar-refractivity contribution is 0.892. The van der Waals surface area contributed by atoms with Crippen LogP contribution in [-0.2, 0) is 0 Å². The zero-order valence-electron chi connectivity index (χ0n) is 56.8. The number of fused-ring (bicyclic) bond motifs is 12. The first-order valence-electron chi connectivity index (χ1n) is 34.6. The topological polar surface area (TPSA) is 110 Å². The average Bonchev–Trinajstić information content (AvgIpc) is 1.60. The molecule has 0 fully saturated rings. The lowest BCUT2D eigenvalue weighted by atomic mass is 10.1. The van der Waals surface area contributed by atoms with E-state index in [0.29, 0.717) is 23.5 Å². The highest BCUT2D eigenvalue weighted by Crippen LogP contribution is 2.39. The SMILES string of the molecule is Cc1cccc(-c2nc(-c3ccccc3)cc(-c3ccccc3)n2)c1.Cc1cccc(-c2nc(-n3c4ccccc4c4ccccc43)cc(-n3c4ccccc4c4ccccc43)n2)c1.Cc1cccc(-c2nc(-n3c4ccccc4c4ccccc43)nc(-n3c4ccccc4c4ccccc43)n2)c1. The molecule has 0 amide bonds. The molecule has 0 atom stereocenters. The molecule has 0 N–H and O–H groups in total. The largest absolute Gasteiger partial charge is 0.294 e. The first-order chi connectivity index (χ1) is 50.8. The Morgan fingerprint density at radius 3 is 0.718 bits per heavy atom. The Morgan fingerprint density at radius 1 is 0.184 bits per heavy atom. The number of para-hydroxylation sites is 8. The van der Waals surface area contributed by atoms with Crippen LogP contribution in [0.15, 0.2) is 340 Å². The summed E-state index contributed by atoms with van der Waals surface area (Å²) in [6.07, 6.45) is 0. The first-order valence-corrected chi connectivity index (χ1v) is 34.6. The van der Waals surface area contributed by atoms with Crippen LogP contribution in [0.3, 0.4) is 0 Å². The number of aromatic nitrogens is 11. The van der Waals surface area contributed by atoms with Crippen molar-refractivity contribution in [2.24, 2.45) is 0 Å². The summed E-state index contributed by atoms with van der Waals surface area (Å²) in [5, 5.41) is 9.52. The molecule has 20 rings (SSSR count). The van der Waals surface area contributed by atoms with Gasteiger partial charge in [0.2, 0.25) is 11.9 Å². The van der Waals surface area contributed by atoms with Gasteiger partial charge in [-0.25, -0.2) is 19.9 Å². The molecule has 20 aromatic rings. The van der Waals surface area contributed by atoms with Crippen molar-refractivity contribution < 1.29 is 0 Å². The molecular formula is C92H65N11. The summed E-state index contributed by atoms with van der Waals surface area (Å²) in [6.45, 7) is 6.28. The van der Waals surface area contributed by atoms with Crippen molar-refractivity contribution in [1.82, 2.24) is 53.2 Å². The summed E-state index contributed by atoms with van der Waals surface area (Å²) in [7, 11) is 0. The van der Waals surface area contributed by atoms with Gasteiger partial charge in [-0.2, -0.15) is 15.0 Å². The van der Waals surface area contributed by atoms with Gasteiger partial charge in [-0.15, -0.1) is 0 Å². The van der Waals surface area contributed by atoms with Crippen molar-refractivity contribution in [3.8, 4) is 80.2 Å². The van der Waals surface area contributed by atoms with E-state index >= 15 is 0 Å². The van der Waals surface area contributed by atoms with Gasteiger partial charge in [0.25, 0.3) is 0 Å². The molecule has 0 saturated heterocycles. The maximum atomic E-state index is 5.20. The van der Waals surface area contributed by atoms with Gasteiger partial charge in [-0.3, -0.25) is 18.3 Å². The average molecular weight is 1320 g/mol. The highest BCUT2D eigenvalue weighted by Gasteiger charge is 2.23. The highest BCUT2D eigenvalue weighted by atomic mass is 15.3. The molecule has 0 aliphatic rings. The number of aryl methyl sites for hydroxylation is 3. The summed E-state index contributed by atoms with van der Waals surface area (Å²) >= 11 is 0. The normalized spacial score (nSPS) is 11.4. The van der Waals surface area contributed by atoms with Crippen molar-refractivity contribution in [3.63, 3.8) is 0 Å². The highest BCUT2D eigenvalue weighted by molar-refractivity contribution is 6.12. The Kier molecular flexibility index (Phi) is 15.6. The van der Waals surface area contributed by atoms with E-state index in [9.17, 15) is 0 Å². The quantitative estimate of drug-likeness (QED) is 0.142. The van der Waals surface area contributed by atoms with Crippen LogP contribution in [-0.4, -0.2) is 53.2 Å². The monoisotopic (exact) mass is 1320 g/mol. The number of benzene rings is 13. The van der Waals surface area contributed by atoms with Crippen LogP contribution in [0.5, 0.6) is 0 Å². The molecule has 0 saturated carbocycles. The minimum Gasteiger partial charge on any atom is -0.294 e. The summed E-state index contributed by atoms with van der Waals surface area (Å²) in [4.78, 5) is 35.4. The smallest absolute Gasteiger partial charge is 0.240 e. The second-order valence-corrected chi connectivity index (χ2v) is 25.9. The van der Waals surface area contributed by atoms with E-state index in [1.807, 2.05) is 42.5 Å². The molecule has 0 unspecified atom stereocenters. The summed E-state index contributed by atoms with van der Waals surface area (Å²) in [5.74, 6) is 4.97. The van der Waals surface area contributed by atoms with Gasteiger partial charge in [0, 0.05) is 77.0 Å². The van der Waals surface area contributed by atoms with Crippen LogP contribution in [0.25, 0.3) is 167 Å². The number of hydrogen-bond acceptors (Lipinski definition) is 7. The Hall–Kier alpha value is -13.8. The van der Waals surface area contributed by atoms with Crippen LogP contribution in [0, 0.1) is 20.8 Å². The number of rotatable bonds is 9. The third-order valence-electron chi connectivity index (χ3n) is 19.2. The number of nitrogens with zero attached hydrogens (tertiary/aromatic N) is 11. The summed E-state index contributed by atoms with van der Waals surface area (Å²) in [5.41, 5.74) is 19.3. The molecule has 11 nitrogen and oxygen atoms in total. The fourth-order valence-electron chi connectivity index (χ4n) is 14.5. The minimum absolute atomic E-state index is 0.593. The van der Waals surface area contributed by atoms with Crippen molar-refractivity contribution >= 4 is 87.2 Å². The lowest BCUT2D eigenvalue weighted by Crippen LogP contribution is -2.10. The summed E-state index contributed by atoms with van der Waals surface area (Å²) < 4.78 is 8.85. The fourth-order valence-corrected chi connectivity index (χ4v) is 14.5. The molecule has 0 radical (unpaired) electrons. The van der Waals surface area contributed by atoms with Gasteiger partial charge in [0.15, 0.2) is 17.5 Å². The standard InChI is InChI=1S/C35H24N4.C34H23N5.C23H18N2/c1-23-11-10-12-24(21-23)35-36-33(38-29-17-6-2-13-25(29)26-14-3-7-18-30(26)38)22-34(37-35)39-31-19-8-4-15-27(31)28-16-5-9-20-32(28)39;1-22-11-10-12-23(21-22)32-35-33(38-28-17-6-2-13-24(28)25-14-3-7-18-29(25)38)37-34(36-32)39-30-19-8-4-15-26(30)27-16-5-9-20-31(27)39;1-17-9-8-14-20(15-17)23-24-21(18-10-4-2-5-11-18)16-22(25-23)19-12-6-3-7-13-19/h2-22H,1H3;2-21H,1H3;2-16H,1H3. The fraction of sp³-hybridized carbons (Fsp3) is 0.0326. The molecule has 0 aliphatic carbocycles. The zero-order valence-corrected chi connectivity index (χ0v) is 56.8. The van der Waals surface area contributed by atoms with Gasteiger partial charge in [0.05, 0.1) is 55.5 Å². The van der Waals surface area contributed by atoms with Gasteiger partial charge in [-0.1, -0.05) is 278 Å². The van der Waals surface area contributed by atoms with Crippen LogP contribution in [0.2, 0.25) is 0 Å². The molecule has 11 heteroatoms. The molecule has 0 bridgehead atoms. The third-order valence-corrected chi connectivity index (χ3v) is 19.2. The zero-order chi connectivity index (χ0) is 68.9. The predicted octanol–water partition coefficient (Wildman–Crippen LogP) is 22.5. The lowest BCUT2D eigenvalue weighted by Gasteiger charge is -2.14. The molecule has 7 heterocycles. The molecular weight excluding hydrogens is 1260 g/mol. The van der Waals surface area contributed by atoms with Gasteiger partial charge < -0.3 is 0 Å². The van der Waals surface area contributed by atoms with Gasteiger partial charge >= 0.3 is 0 Å². The molecule has 0 aliphatic heterocycles. The molecule has 103 heavy (non-hydrogen) atoms. The Balaban J connectivity index is 0.000000113. The van der Waals surface area contributed by atoms with Crippen LogP contribution < -0.4 is 0 Å². The Bertz CT molecular complexity index is 5770. The van der Waals surface area contributed by atoms with Crippen LogP contribution in [0.1, 0.15) is 16.7 Å². The second kappa shape index (κ2) is 26.1. The number of hydrogen-bond donors (Lipinski definition) is 0. The van der Waals surface area contributed by atoms with Crippen molar-refractivity contribution in [3.05, 3.63) is 356 Å². The predicted molar refractivity (Wildman–Crippen MR) is 423 cm³/mol. The Labute approximate surface area is 594 Å². The van der Waals surface area contributed by atoms with E-state index in [4.69, 9.17) is 34.9 Å². The van der Waals surface area contributed by atoms with Crippen molar-refractivity contribution in [2.75, 3.05) is 0 Å². The minimum atomic E-state index is 0.593. The summed E-state index contributed by atoms with van der Waals surface area (Å²) in [6, 6.07) is 118. The maximum Gasteiger partial charge on any atom is 0.240 e. The molecule has 488 valence electrons. The van der Waals surface area contributed by atoms with E-state index < -0.39 is 0 Å². The molecule has 0 spiro atoms. The molecule has 7 aromatic heterocycles. The van der Waals surface area contributed by atoms with Crippen LogP contribution in [0.4, 0.5) is 0 Å². The maximum absolute atomic E-state index is 5.20. The van der Waals surface area contributed by atoms with E-state index in [1.165, 1.54) is 54.2 Å². The van der Waals surface area contributed by atoms with Gasteiger partial charge in [-0.05, 0) is 93.6 Å². The van der Waals surface area contributed by atoms with Crippen molar-refractivity contribution in [2.45, 2.75) is 20.8 Å². The van der Waals surface area contributed by atoms with E-state index in [-0.39, 0.29) is 0 Å². The van der Waals surface area contributed by atoms with E-state index in [1.54, 1.807) is 0 Å². The first kappa shape index (κ1) is 61.6. The van der Waals surface area contributed by atoms with E-state index in [0.717, 1.165) is 106 Å². The third kappa shape index (κ3) is 11.4. The second-order valence-electron chi connectivity index (χ2n) is 25.9. The molecule has 13 aromatic carbocycles.